The highest BCUT2D eigenvalue weighted by Crippen LogP contribution is 2.29. The molecule has 0 saturated heterocycles. The number of fused-ring (bicyclic) bond motifs is 1. The Labute approximate surface area is 95.6 Å². The lowest BCUT2D eigenvalue weighted by molar-refractivity contribution is 1.10. The largest absolute Gasteiger partial charge is 0.382 e. The van der Waals surface area contributed by atoms with Crippen molar-refractivity contribution in [2.75, 3.05) is 5.73 Å². The van der Waals surface area contributed by atoms with Crippen molar-refractivity contribution >= 4 is 28.3 Å². The van der Waals surface area contributed by atoms with Gasteiger partial charge in [-0.1, -0.05) is 23.7 Å². The second kappa shape index (κ2) is 3.24. The second-order valence-corrected chi connectivity index (χ2v) is 3.82. The summed E-state index contributed by atoms with van der Waals surface area (Å²) in [6.45, 7) is 0. The van der Waals surface area contributed by atoms with Gasteiger partial charge in [-0.25, -0.2) is 0 Å². The number of hydrogen-bond acceptors (Lipinski definition) is 3. The Morgan fingerprint density at radius 1 is 1.19 bits per heavy atom. The minimum atomic E-state index is 0.452. The van der Waals surface area contributed by atoms with Crippen molar-refractivity contribution in [2.24, 2.45) is 0 Å². The molecule has 5 nitrogen and oxygen atoms in total. The van der Waals surface area contributed by atoms with Gasteiger partial charge in [-0.05, 0) is 6.07 Å². The molecule has 0 radical (unpaired) electrons. The van der Waals surface area contributed by atoms with Gasteiger partial charge in [0.2, 0.25) is 0 Å². The maximum absolute atomic E-state index is 5.97. The molecule has 0 aliphatic carbocycles. The summed E-state index contributed by atoms with van der Waals surface area (Å²) in [6.07, 6.45) is 0. The molecule has 1 aromatic carbocycles. The van der Waals surface area contributed by atoms with E-state index in [4.69, 9.17) is 17.3 Å². The van der Waals surface area contributed by atoms with E-state index in [1.807, 2.05) is 18.2 Å². The van der Waals surface area contributed by atoms with E-state index in [0.29, 0.717) is 11.0 Å². The van der Waals surface area contributed by atoms with Crippen LogP contribution in [-0.2, 0) is 0 Å². The zero-order valence-corrected chi connectivity index (χ0v) is 8.92. The van der Waals surface area contributed by atoms with Crippen LogP contribution >= 0.6 is 11.6 Å². The zero-order chi connectivity index (χ0) is 11.1. The molecule has 0 aliphatic rings. The van der Waals surface area contributed by atoms with Gasteiger partial charge in [0.15, 0.2) is 0 Å². The van der Waals surface area contributed by atoms with Crippen LogP contribution in [0, 0.1) is 0 Å². The molecule has 0 fully saturated rings. The van der Waals surface area contributed by atoms with E-state index in [9.17, 15) is 0 Å². The fourth-order valence-electron chi connectivity index (χ4n) is 1.70. The Morgan fingerprint density at radius 2 is 2.06 bits per heavy atom. The molecule has 80 valence electrons. The number of aromatic amines is 2. The van der Waals surface area contributed by atoms with Gasteiger partial charge in [0.1, 0.15) is 16.5 Å². The predicted molar refractivity (Wildman–Crippen MR) is 63.1 cm³/mol. The van der Waals surface area contributed by atoms with Gasteiger partial charge in [0.05, 0.1) is 5.69 Å². The smallest absolute Gasteiger partial charge is 0.145 e. The van der Waals surface area contributed by atoms with E-state index in [2.05, 4.69) is 20.4 Å². The molecule has 0 atom stereocenters. The third-order valence-corrected chi connectivity index (χ3v) is 2.71. The highest BCUT2D eigenvalue weighted by atomic mass is 35.5. The Bertz CT molecular complexity index is 654. The highest BCUT2D eigenvalue weighted by molar-refractivity contribution is 6.34. The average molecular weight is 234 g/mol. The molecule has 0 unspecified atom stereocenters. The molecule has 4 N–H and O–H groups in total. The van der Waals surface area contributed by atoms with Crippen LogP contribution in [0.3, 0.4) is 0 Å². The van der Waals surface area contributed by atoms with Gasteiger partial charge >= 0.3 is 0 Å². The average Bonchev–Trinajstić information content (AvgIpc) is 2.86. The summed E-state index contributed by atoms with van der Waals surface area (Å²) in [4.78, 5) is 0. The van der Waals surface area contributed by atoms with E-state index in [-0.39, 0.29) is 0 Å². The number of rotatable bonds is 1. The van der Waals surface area contributed by atoms with Crippen molar-refractivity contribution in [3.63, 3.8) is 0 Å². The first-order valence-corrected chi connectivity index (χ1v) is 5.07. The molecule has 16 heavy (non-hydrogen) atoms. The Morgan fingerprint density at radius 3 is 2.81 bits per heavy atom. The molecule has 3 rings (SSSR count). The first kappa shape index (κ1) is 9.23. The molecule has 0 bridgehead atoms. The monoisotopic (exact) mass is 233 g/mol. The molecule has 2 aromatic heterocycles. The third-order valence-electron chi connectivity index (χ3n) is 2.43. The number of H-pyrrole nitrogens is 2. The number of nitrogens with zero attached hydrogens (tertiary/aromatic N) is 2. The van der Waals surface area contributed by atoms with E-state index in [1.165, 1.54) is 0 Å². The first-order chi connectivity index (χ1) is 7.75. The van der Waals surface area contributed by atoms with Crippen LogP contribution in [0.1, 0.15) is 0 Å². The number of para-hydroxylation sites is 1. The summed E-state index contributed by atoms with van der Waals surface area (Å²) < 4.78 is 0. The van der Waals surface area contributed by atoms with Gasteiger partial charge in [-0.3, -0.25) is 10.2 Å². The second-order valence-electron chi connectivity index (χ2n) is 3.45. The molecular formula is C10H8ClN5. The molecule has 0 aliphatic heterocycles. The topological polar surface area (TPSA) is 83.4 Å². The number of nitrogen functional groups attached to an aromatic ring is 1. The molecule has 0 amide bonds. The lowest BCUT2D eigenvalue weighted by Crippen LogP contribution is -1.81. The van der Waals surface area contributed by atoms with Crippen LogP contribution in [0.2, 0.25) is 5.15 Å². The van der Waals surface area contributed by atoms with Crippen LogP contribution in [0.25, 0.3) is 22.2 Å². The number of nitrogens with two attached hydrogens (primary N) is 1. The highest BCUT2D eigenvalue weighted by Gasteiger charge is 2.10. The van der Waals surface area contributed by atoms with Crippen molar-refractivity contribution in [2.45, 2.75) is 0 Å². The molecule has 3 aromatic rings. The summed E-state index contributed by atoms with van der Waals surface area (Å²) >= 11 is 5.97. The van der Waals surface area contributed by atoms with E-state index < -0.39 is 0 Å². The predicted octanol–water partition coefficient (Wildman–Crippen LogP) is 2.19. The minimum Gasteiger partial charge on any atom is -0.382 e. The van der Waals surface area contributed by atoms with E-state index >= 15 is 0 Å². The standard InChI is InChI=1S/C10H8ClN5/c11-10-6-3-1-2-5(9(6)15-16-10)7-4-8(12)14-13-7/h1-4H,(H,15,16)(H3,12,13,14). The van der Waals surface area contributed by atoms with Crippen molar-refractivity contribution in [3.8, 4) is 11.3 Å². The quantitative estimate of drug-likeness (QED) is 0.602. The number of hydrogen-bond donors (Lipinski definition) is 3. The number of halogens is 1. The van der Waals surface area contributed by atoms with Crippen LogP contribution in [0.4, 0.5) is 5.82 Å². The van der Waals surface area contributed by atoms with Crippen molar-refractivity contribution < 1.29 is 0 Å². The summed E-state index contributed by atoms with van der Waals surface area (Å²) in [7, 11) is 0. The van der Waals surface area contributed by atoms with Crippen LogP contribution in [0.5, 0.6) is 0 Å². The van der Waals surface area contributed by atoms with Crippen LogP contribution < -0.4 is 5.73 Å². The maximum atomic E-state index is 5.97. The summed E-state index contributed by atoms with van der Waals surface area (Å²) in [5.41, 5.74) is 8.12. The van der Waals surface area contributed by atoms with Gasteiger partial charge in [0.25, 0.3) is 0 Å². The Kier molecular flexibility index (Phi) is 1.87. The fraction of sp³-hybridized carbons (Fsp3) is 0. The van der Waals surface area contributed by atoms with Gasteiger partial charge in [-0.2, -0.15) is 10.2 Å². The molecular weight excluding hydrogens is 226 g/mol. The lowest BCUT2D eigenvalue weighted by Gasteiger charge is -1.97. The third kappa shape index (κ3) is 1.25. The zero-order valence-electron chi connectivity index (χ0n) is 8.16. The SMILES string of the molecule is Nc1cc(-c2cccc3c(Cl)[nH]nc23)[nH]n1. The van der Waals surface area contributed by atoms with Crippen molar-refractivity contribution in [1.82, 2.24) is 20.4 Å². The Balaban J connectivity index is 2.31. The molecule has 0 spiro atoms. The molecule has 6 heteroatoms. The number of anilines is 1. The summed E-state index contributed by atoms with van der Waals surface area (Å²) in [6, 6.07) is 7.52. The van der Waals surface area contributed by atoms with Gasteiger partial charge < -0.3 is 5.73 Å². The summed E-state index contributed by atoms with van der Waals surface area (Å²) in [5.74, 6) is 0.452. The van der Waals surface area contributed by atoms with E-state index in [1.54, 1.807) is 6.07 Å². The molecule has 2 heterocycles. The van der Waals surface area contributed by atoms with Crippen molar-refractivity contribution in [3.05, 3.63) is 29.4 Å². The minimum absolute atomic E-state index is 0.452. The summed E-state index contributed by atoms with van der Waals surface area (Å²) in [5, 5.41) is 15.1. The first-order valence-electron chi connectivity index (χ1n) is 4.69. The number of benzene rings is 1. The van der Waals surface area contributed by atoms with Crippen LogP contribution in [0.15, 0.2) is 24.3 Å². The van der Waals surface area contributed by atoms with Crippen LogP contribution in [-0.4, -0.2) is 20.4 Å². The fourth-order valence-corrected chi connectivity index (χ4v) is 1.89. The maximum Gasteiger partial charge on any atom is 0.145 e. The van der Waals surface area contributed by atoms with Gasteiger partial charge in [-0.15, -0.1) is 0 Å². The lowest BCUT2D eigenvalue weighted by atomic mass is 10.1. The number of aromatic nitrogens is 4. The normalized spacial score (nSPS) is 11.1. The molecule has 0 saturated carbocycles. The Hall–Kier alpha value is -2.01. The number of nitrogens with one attached hydrogen (secondary N) is 2. The van der Waals surface area contributed by atoms with Crippen molar-refractivity contribution in [1.29, 1.82) is 0 Å². The van der Waals surface area contributed by atoms with Gasteiger partial charge in [0, 0.05) is 17.0 Å². The van der Waals surface area contributed by atoms with E-state index in [0.717, 1.165) is 22.2 Å².